The highest BCUT2D eigenvalue weighted by molar-refractivity contribution is 7.91. The number of fused-ring (bicyclic) bond motifs is 3. The third-order valence-electron chi connectivity index (χ3n) is 7.77. The van der Waals surface area contributed by atoms with E-state index >= 15 is 0 Å². The lowest BCUT2D eigenvalue weighted by Gasteiger charge is -2.41. The van der Waals surface area contributed by atoms with Crippen LogP contribution in [0.3, 0.4) is 0 Å². The number of sulfone groups is 1. The van der Waals surface area contributed by atoms with Gasteiger partial charge in [-0.15, -0.1) is 0 Å². The second kappa shape index (κ2) is 10.5. The first-order valence-corrected chi connectivity index (χ1v) is 16.7. The molecule has 0 spiro atoms. The Bertz CT molecular complexity index is 1820. The van der Waals surface area contributed by atoms with Crippen molar-refractivity contribution < 1.29 is 26.4 Å². The van der Waals surface area contributed by atoms with Crippen molar-refractivity contribution in [3.8, 4) is 0 Å². The van der Waals surface area contributed by atoms with Crippen LogP contribution in [0, 0.1) is 0 Å². The number of carbonyl (C=O) groups excluding carboxylic acids is 1. The third-order valence-corrected chi connectivity index (χ3v) is 10.6. The summed E-state index contributed by atoms with van der Waals surface area (Å²) in [6.45, 7) is 6.80. The smallest absolute Gasteiger partial charge is 0.325 e. The van der Waals surface area contributed by atoms with Crippen LogP contribution in [0.5, 0.6) is 0 Å². The van der Waals surface area contributed by atoms with Gasteiger partial charge < -0.3 is 15.0 Å². The zero-order chi connectivity index (χ0) is 29.7. The van der Waals surface area contributed by atoms with Crippen molar-refractivity contribution in [1.29, 1.82) is 0 Å². The van der Waals surface area contributed by atoms with Crippen molar-refractivity contribution >= 4 is 47.9 Å². The number of esters is 1. The maximum absolute atomic E-state index is 13.5. The molecule has 1 saturated heterocycles. The van der Waals surface area contributed by atoms with E-state index in [1.54, 1.807) is 31.2 Å². The van der Waals surface area contributed by atoms with Crippen molar-refractivity contribution in [3.05, 3.63) is 54.6 Å². The first-order valence-electron chi connectivity index (χ1n) is 13.3. The van der Waals surface area contributed by atoms with Gasteiger partial charge in [-0.25, -0.2) is 30.8 Å². The molecule has 1 aliphatic rings. The normalized spacial score (nSPS) is 16.8. The number of ether oxygens (including phenoxy) is 1. The summed E-state index contributed by atoms with van der Waals surface area (Å²) in [5.74, 6) is -0.140. The highest BCUT2D eigenvalue weighted by Gasteiger charge is 2.39. The Balaban J connectivity index is 1.63. The topological polar surface area (TPSA) is 159 Å². The SMILES string of the molecule is CCOC(=O)C(C)(C)N1CCC(n2c(C(N)S(C)(=O)=O)nc3cnc4c(ccn4S(=O)(=O)c4ccccc4)c32)CC1. The molecule has 0 radical (unpaired) electrons. The van der Waals surface area contributed by atoms with E-state index < -0.39 is 30.8 Å². The van der Waals surface area contributed by atoms with Gasteiger partial charge in [0.1, 0.15) is 16.9 Å². The fourth-order valence-corrected chi connectivity index (χ4v) is 7.32. The van der Waals surface area contributed by atoms with Gasteiger partial charge in [0.2, 0.25) is 0 Å². The summed E-state index contributed by atoms with van der Waals surface area (Å²) in [4.78, 5) is 23.8. The monoisotopic (exact) mass is 602 g/mol. The number of hydrogen-bond donors (Lipinski definition) is 1. The molecule has 0 aliphatic carbocycles. The molecule has 4 heterocycles. The molecular formula is C27H34N6O6S2. The van der Waals surface area contributed by atoms with E-state index in [0.717, 1.165) is 10.2 Å². The number of carbonyl (C=O) groups is 1. The van der Waals surface area contributed by atoms with Gasteiger partial charge in [0.25, 0.3) is 10.0 Å². The molecule has 41 heavy (non-hydrogen) atoms. The van der Waals surface area contributed by atoms with Crippen LogP contribution in [-0.2, 0) is 29.4 Å². The Morgan fingerprint density at radius 2 is 1.78 bits per heavy atom. The summed E-state index contributed by atoms with van der Waals surface area (Å²) in [7, 11) is -7.67. The van der Waals surface area contributed by atoms with Crippen molar-refractivity contribution in [1.82, 2.24) is 23.4 Å². The minimum atomic E-state index is -3.94. The molecule has 2 N–H and O–H groups in total. The van der Waals surface area contributed by atoms with E-state index in [9.17, 15) is 21.6 Å². The van der Waals surface area contributed by atoms with Gasteiger partial charge in [0, 0.05) is 37.0 Å². The van der Waals surface area contributed by atoms with Gasteiger partial charge in [-0.1, -0.05) is 18.2 Å². The highest BCUT2D eigenvalue weighted by atomic mass is 32.2. The number of aromatic nitrogens is 4. The molecule has 1 fully saturated rings. The number of nitrogens with zero attached hydrogens (tertiary/aromatic N) is 5. The molecule has 4 aromatic rings. The Hall–Kier alpha value is -3.33. The average Bonchev–Trinajstić information content (AvgIpc) is 3.55. The summed E-state index contributed by atoms with van der Waals surface area (Å²) in [5, 5.41) is -0.884. The highest BCUT2D eigenvalue weighted by Crippen LogP contribution is 2.37. The van der Waals surface area contributed by atoms with E-state index in [2.05, 4.69) is 14.9 Å². The summed E-state index contributed by atoms with van der Waals surface area (Å²) >= 11 is 0. The van der Waals surface area contributed by atoms with E-state index in [4.69, 9.17) is 10.5 Å². The molecule has 5 rings (SSSR count). The van der Waals surface area contributed by atoms with Gasteiger partial charge in [0.15, 0.2) is 20.9 Å². The number of imidazole rings is 1. The van der Waals surface area contributed by atoms with Crippen LogP contribution < -0.4 is 5.73 Å². The quantitative estimate of drug-likeness (QED) is 0.297. The molecule has 1 atom stereocenters. The molecule has 12 nitrogen and oxygen atoms in total. The lowest BCUT2D eigenvalue weighted by molar-refractivity contribution is -0.156. The second-order valence-corrected chi connectivity index (χ2v) is 14.7. The van der Waals surface area contributed by atoms with Gasteiger partial charge in [-0.05, 0) is 51.8 Å². The summed E-state index contributed by atoms with van der Waals surface area (Å²) in [6.07, 6.45) is 5.10. The van der Waals surface area contributed by atoms with E-state index in [1.807, 2.05) is 18.4 Å². The van der Waals surface area contributed by atoms with Crippen LogP contribution in [0.2, 0.25) is 0 Å². The summed E-state index contributed by atoms with van der Waals surface area (Å²) < 4.78 is 60.3. The van der Waals surface area contributed by atoms with Crippen LogP contribution in [0.25, 0.3) is 22.1 Å². The van der Waals surface area contributed by atoms with Crippen LogP contribution in [0.4, 0.5) is 0 Å². The molecule has 3 aromatic heterocycles. The van der Waals surface area contributed by atoms with Crippen molar-refractivity contribution in [2.75, 3.05) is 26.0 Å². The second-order valence-electron chi connectivity index (χ2n) is 10.7. The van der Waals surface area contributed by atoms with Crippen LogP contribution in [0.15, 0.2) is 53.7 Å². The molecular weight excluding hydrogens is 568 g/mol. The van der Waals surface area contributed by atoms with Gasteiger partial charge in [-0.3, -0.25) is 9.69 Å². The number of hydrogen-bond acceptors (Lipinski definition) is 10. The van der Waals surface area contributed by atoms with E-state index in [-0.39, 0.29) is 35.0 Å². The number of nitrogens with two attached hydrogens (primary N) is 1. The largest absolute Gasteiger partial charge is 0.465 e. The fourth-order valence-electron chi connectivity index (χ4n) is 5.45. The number of pyridine rings is 1. The van der Waals surface area contributed by atoms with Crippen LogP contribution in [0.1, 0.15) is 50.9 Å². The van der Waals surface area contributed by atoms with Gasteiger partial charge in [-0.2, -0.15) is 0 Å². The Morgan fingerprint density at radius 3 is 2.39 bits per heavy atom. The number of piperidine rings is 1. The van der Waals surface area contributed by atoms with E-state index in [0.29, 0.717) is 42.4 Å². The Labute approximate surface area is 239 Å². The maximum atomic E-state index is 13.5. The van der Waals surface area contributed by atoms with Crippen LogP contribution in [-0.4, -0.2) is 77.7 Å². The summed E-state index contributed by atoms with van der Waals surface area (Å²) in [6, 6.07) is 9.49. The lowest BCUT2D eigenvalue weighted by atomic mass is 9.96. The molecule has 0 saturated carbocycles. The first kappa shape index (κ1) is 29.2. The van der Waals surface area contributed by atoms with Crippen LogP contribution >= 0.6 is 0 Å². The Kier molecular flexibility index (Phi) is 7.47. The third kappa shape index (κ3) is 5.02. The molecule has 14 heteroatoms. The van der Waals surface area contributed by atoms with Crippen molar-refractivity contribution in [3.63, 3.8) is 0 Å². The van der Waals surface area contributed by atoms with E-state index in [1.165, 1.54) is 24.5 Å². The molecule has 1 aliphatic heterocycles. The Morgan fingerprint density at radius 1 is 1.12 bits per heavy atom. The molecule has 1 unspecified atom stereocenters. The fraction of sp³-hybridized carbons (Fsp3) is 0.444. The predicted octanol–water partition coefficient (Wildman–Crippen LogP) is 2.60. The molecule has 220 valence electrons. The average molecular weight is 603 g/mol. The zero-order valence-corrected chi connectivity index (χ0v) is 25.0. The minimum absolute atomic E-state index is 0.115. The zero-order valence-electron chi connectivity index (χ0n) is 23.4. The molecule has 1 aromatic carbocycles. The summed E-state index contributed by atoms with van der Waals surface area (Å²) in [5.41, 5.74) is 6.59. The number of likely N-dealkylation sites (tertiary alicyclic amines) is 1. The maximum Gasteiger partial charge on any atom is 0.325 e. The number of benzene rings is 1. The molecule has 0 amide bonds. The number of rotatable bonds is 8. The van der Waals surface area contributed by atoms with Crippen molar-refractivity contribution in [2.45, 2.75) is 55.5 Å². The first-order chi connectivity index (χ1) is 19.3. The predicted molar refractivity (Wildman–Crippen MR) is 154 cm³/mol. The molecule has 0 bridgehead atoms. The minimum Gasteiger partial charge on any atom is -0.465 e. The lowest BCUT2D eigenvalue weighted by Crippen LogP contribution is -2.54. The van der Waals surface area contributed by atoms with Gasteiger partial charge >= 0.3 is 5.97 Å². The standard InChI is InChI=1S/C27H34N6O6S2/c1-5-39-26(34)27(2,3)31-14-11-18(12-15-31)33-22-20-13-16-32(41(37,38)19-9-7-6-8-10-19)24(20)29-17-21(22)30-25(33)23(28)40(4,35)36/h6-10,13,16-18,23H,5,11-12,14-15,28H2,1-4H3. The van der Waals surface area contributed by atoms with Crippen molar-refractivity contribution in [2.24, 2.45) is 5.73 Å². The van der Waals surface area contributed by atoms with Gasteiger partial charge in [0.05, 0.1) is 23.2 Å².